The first-order valence-electron chi connectivity index (χ1n) is 8.04. The second-order valence-corrected chi connectivity index (χ2v) is 7.10. The molecule has 20 heavy (non-hydrogen) atoms. The normalized spacial score (nSPS) is 24.8. The van der Waals surface area contributed by atoms with Gasteiger partial charge < -0.3 is 15.2 Å². The maximum absolute atomic E-state index is 12.6. The monoisotopic (exact) mass is 283 g/mol. The molecular weight excluding hydrogens is 254 g/mol. The number of carbonyl (C=O) groups is 1. The summed E-state index contributed by atoms with van der Waals surface area (Å²) in [5, 5.41) is 13.5. The van der Waals surface area contributed by atoms with E-state index in [1.165, 1.54) is 0 Å². The van der Waals surface area contributed by atoms with E-state index in [0.29, 0.717) is 38.5 Å². The van der Waals surface area contributed by atoms with Crippen molar-refractivity contribution in [1.29, 1.82) is 0 Å². The van der Waals surface area contributed by atoms with Crippen molar-refractivity contribution in [3.63, 3.8) is 0 Å². The molecule has 1 aliphatic heterocycles. The molecule has 2 rings (SSSR count). The Labute approximate surface area is 122 Å². The molecule has 116 valence electrons. The molecule has 1 aliphatic carbocycles. The Bertz CT molecular complexity index is 329. The summed E-state index contributed by atoms with van der Waals surface area (Å²) in [6.45, 7) is 5.90. The van der Waals surface area contributed by atoms with Gasteiger partial charge in [-0.05, 0) is 25.2 Å². The third-order valence-corrected chi connectivity index (χ3v) is 4.84. The third-order valence-electron chi connectivity index (χ3n) is 4.84. The molecule has 1 heterocycles. The highest BCUT2D eigenvalue weighted by atomic mass is 16.5. The predicted octanol–water partition coefficient (Wildman–Crippen LogP) is 2.25. The molecule has 0 aromatic rings. The minimum atomic E-state index is -0.772. The van der Waals surface area contributed by atoms with Crippen LogP contribution in [0.5, 0.6) is 0 Å². The van der Waals surface area contributed by atoms with E-state index in [1.807, 2.05) is 0 Å². The summed E-state index contributed by atoms with van der Waals surface area (Å²) in [7, 11) is 0. The molecule has 0 spiro atoms. The van der Waals surface area contributed by atoms with Gasteiger partial charge in [0.05, 0.1) is 5.60 Å². The number of hydrogen-bond donors (Lipinski definition) is 2. The van der Waals surface area contributed by atoms with E-state index >= 15 is 0 Å². The van der Waals surface area contributed by atoms with Gasteiger partial charge in [-0.2, -0.15) is 0 Å². The Balaban J connectivity index is 1.91. The molecule has 0 atom stereocenters. The SMILES string of the molecule is CC(C)CC1(C(=O)NCC2(O)CCOCC2)CCCC1. The van der Waals surface area contributed by atoms with Crippen molar-refractivity contribution in [1.82, 2.24) is 5.32 Å². The molecule has 0 aromatic heterocycles. The van der Waals surface area contributed by atoms with Crippen molar-refractivity contribution in [3.05, 3.63) is 0 Å². The summed E-state index contributed by atoms with van der Waals surface area (Å²) in [6, 6.07) is 0. The average Bonchev–Trinajstić information content (AvgIpc) is 2.86. The zero-order valence-corrected chi connectivity index (χ0v) is 12.9. The molecule has 1 saturated carbocycles. The topological polar surface area (TPSA) is 58.6 Å². The standard InChI is InChI=1S/C16H29NO3/c1-13(2)11-15(5-3-4-6-15)14(18)17-12-16(19)7-9-20-10-8-16/h13,19H,3-12H2,1-2H3,(H,17,18). The van der Waals surface area contributed by atoms with Gasteiger partial charge in [0.2, 0.25) is 5.91 Å². The highest BCUT2D eigenvalue weighted by molar-refractivity contribution is 5.83. The summed E-state index contributed by atoms with van der Waals surface area (Å²) in [5.74, 6) is 0.689. The second-order valence-electron chi connectivity index (χ2n) is 7.10. The molecule has 0 bridgehead atoms. The fourth-order valence-corrected chi connectivity index (χ4v) is 3.72. The van der Waals surface area contributed by atoms with E-state index < -0.39 is 5.60 Å². The lowest BCUT2D eigenvalue weighted by atomic mass is 9.77. The van der Waals surface area contributed by atoms with E-state index in [4.69, 9.17) is 4.74 Å². The molecule has 2 aliphatic rings. The third kappa shape index (κ3) is 3.73. The highest BCUT2D eigenvalue weighted by Crippen LogP contribution is 2.43. The Morgan fingerprint density at radius 2 is 1.80 bits per heavy atom. The van der Waals surface area contributed by atoms with Crippen LogP contribution in [0.3, 0.4) is 0 Å². The van der Waals surface area contributed by atoms with Crippen LogP contribution in [0, 0.1) is 11.3 Å². The van der Waals surface area contributed by atoms with Gasteiger partial charge in [0.15, 0.2) is 0 Å². The van der Waals surface area contributed by atoms with Gasteiger partial charge in [0, 0.05) is 38.0 Å². The lowest BCUT2D eigenvalue weighted by Crippen LogP contribution is -2.50. The van der Waals surface area contributed by atoms with Crippen LogP contribution >= 0.6 is 0 Å². The van der Waals surface area contributed by atoms with Crippen LogP contribution < -0.4 is 5.32 Å². The minimum Gasteiger partial charge on any atom is -0.388 e. The van der Waals surface area contributed by atoms with Gasteiger partial charge in [0.1, 0.15) is 0 Å². The van der Waals surface area contributed by atoms with Crippen LogP contribution in [-0.2, 0) is 9.53 Å². The Kier molecular flexibility index (Phi) is 5.08. The second kappa shape index (κ2) is 6.44. The molecule has 0 radical (unpaired) electrons. The van der Waals surface area contributed by atoms with Gasteiger partial charge in [0.25, 0.3) is 0 Å². The van der Waals surface area contributed by atoms with Crippen LogP contribution in [0.25, 0.3) is 0 Å². The summed E-state index contributed by atoms with van der Waals surface area (Å²) >= 11 is 0. The van der Waals surface area contributed by atoms with Gasteiger partial charge in [-0.15, -0.1) is 0 Å². The van der Waals surface area contributed by atoms with E-state index in [9.17, 15) is 9.90 Å². The molecule has 2 fully saturated rings. The Morgan fingerprint density at radius 1 is 1.20 bits per heavy atom. The number of rotatable bonds is 5. The molecule has 1 amide bonds. The number of hydrogen-bond acceptors (Lipinski definition) is 3. The molecule has 0 aromatic carbocycles. The van der Waals surface area contributed by atoms with Crippen molar-refractivity contribution < 1.29 is 14.6 Å². The minimum absolute atomic E-state index is 0.156. The lowest BCUT2D eigenvalue weighted by Gasteiger charge is -2.35. The molecule has 2 N–H and O–H groups in total. The zero-order chi connectivity index (χ0) is 14.6. The van der Waals surface area contributed by atoms with Crippen molar-refractivity contribution in [2.75, 3.05) is 19.8 Å². The number of amides is 1. The van der Waals surface area contributed by atoms with E-state index in [1.54, 1.807) is 0 Å². The summed E-state index contributed by atoms with van der Waals surface area (Å²) < 4.78 is 5.27. The number of ether oxygens (including phenoxy) is 1. The predicted molar refractivity (Wildman–Crippen MR) is 78.4 cm³/mol. The van der Waals surface area contributed by atoms with E-state index in [-0.39, 0.29) is 11.3 Å². The fourth-order valence-electron chi connectivity index (χ4n) is 3.72. The van der Waals surface area contributed by atoms with Crippen LogP contribution in [0.1, 0.15) is 58.8 Å². The molecular formula is C16H29NO3. The lowest BCUT2D eigenvalue weighted by molar-refractivity contribution is -0.134. The quantitative estimate of drug-likeness (QED) is 0.813. The maximum atomic E-state index is 12.6. The maximum Gasteiger partial charge on any atom is 0.226 e. The largest absolute Gasteiger partial charge is 0.388 e. The number of nitrogens with one attached hydrogen (secondary N) is 1. The highest BCUT2D eigenvalue weighted by Gasteiger charge is 2.42. The Morgan fingerprint density at radius 3 is 2.35 bits per heavy atom. The zero-order valence-electron chi connectivity index (χ0n) is 12.9. The first kappa shape index (κ1) is 15.8. The van der Waals surface area contributed by atoms with Crippen LogP contribution in [0.2, 0.25) is 0 Å². The first-order valence-corrected chi connectivity index (χ1v) is 8.04. The van der Waals surface area contributed by atoms with Gasteiger partial charge in [-0.1, -0.05) is 26.7 Å². The number of carbonyl (C=O) groups excluding carboxylic acids is 1. The van der Waals surface area contributed by atoms with E-state index in [0.717, 1.165) is 32.1 Å². The van der Waals surface area contributed by atoms with Crippen LogP contribution in [0.4, 0.5) is 0 Å². The summed E-state index contributed by atoms with van der Waals surface area (Å²) in [5.41, 5.74) is -0.957. The van der Waals surface area contributed by atoms with Crippen molar-refractivity contribution in [2.24, 2.45) is 11.3 Å². The van der Waals surface area contributed by atoms with Crippen molar-refractivity contribution in [3.8, 4) is 0 Å². The van der Waals surface area contributed by atoms with Crippen molar-refractivity contribution >= 4 is 5.91 Å². The summed E-state index contributed by atoms with van der Waals surface area (Å²) in [4.78, 5) is 12.6. The molecule has 1 saturated heterocycles. The number of aliphatic hydroxyl groups is 1. The van der Waals surface area contributed by atoms with Crippen molar-refractivity contribution in [2.45, 2.75) is 64.4 Å². The summed E-state index contributed by atoms with van der Waals surface area (Å²) in [6.07, 6.45) is 6.49. The smallest absolute Gasteiger partial charge is 0.226 e. The molecule has 4 heteroatoms. The van der Waals surface area contributed by atoms with Crippen LogP contribution in [0.15, 0.2) is 0 Å². The first-order chi connectivity index (χ1) is 9.46. The molecule has 4 nitrogen and oxygen atoms in total. The van der Waals surface area contributed by atoms with Gasteiger partial charge >= 0.3 is 0 Å². The molecule has 0 unspecified atom stereocenters. The fraction of sp³-hybridized carbons (Fsp3) is 0.938. The van der Waals surface area contributed by atoms with Gasteiger partial charge in [-0.3, -0.25) is 4.79 Å². The average molecular weight is 283 g/mol. The Hall–Kier alpha value is -0.610. The van der Waals surface area contributed by atoms with E-state index in [2.05, 4.69) is 19.2 Å². The van der Waals surface area contributed by atoms with Gasteiger partial charge in [-0.25, -0.2) is 0 Å². The van der Waals surface area contributed by atoms with Crippen LogP contribution in [-0.4, -0.2) is 36.4 Å².